The average molecular weight is 303 g/mol. The monoisotopic (exact) mass is 303 g/mol. The molecule has 1 aromatic carbocycles. The highest BCUT2D eigenvalue weighted by atomic mass is 16.1. The van der Waals surface area contributed by atoms with Crippen LogP contribution in [0.15, 0.2) is 18.2 Å². The highest BCUT2D eigenvalue weighted by Crippen LogP contribution is 2.21. The number of piperidine rings is 1. The summed E-state index contributed by atoms with van der Waals surface area (Å²) in [6.45, 7) is 7.57. The summed E-state index contributed by atoms with van der Waals surface area (Å²) >= 11 is 0. The first-order chi connectivity index (χ1) is 10.6. The Morgan fingerprint density at radius 1 is 1.36 bits per heavy atom. The summed E-state index contributed by atoms with van der Waals surface area (Å²) in [5.41, 5.74) is 9.49. The van der Waals surface area contributed by atoms with Gasteiger partial charge in [-0.15, -0.1) is 0 Å². The number of benzene rings is 1. The molecule has 122 valence electrons. The number of nitrogens with zero attached hydrogens (tertiary/aromatic N) is 1. The molecule has 0 bridgehead atoms. The van der Waals surface area contributed by atoms with Crippen molar-refractivity contribution in [3.05, 3.63) is 34.9 Å². The third-order valence-corrected chi connectivity index (χ3v) is 4.53. The van der Waals surface area contributed by atoms with Gasteiger partial charge in [-0.3, -0.25) is 9.69 Å². The van der Waals surface area contributed by atoms with E-state index in [0.29, 0.717) is 19.0 Å². The molecule has 0 radical (unpaired) electrons. The van der Waals surface area contributed by atoms with Crippen LogP contribution in [0.3, 0.4) is 0 Å². The van der Waals surface area contributed by atoms with Crippen molar-refractivity contribution in [3.8, 4) is 0 Å². The number of hydrogen-bond donors (Lipinski definition) is 2. The highest BCUT2D eigenvalue weighted by Gasteiger charge is 2.23. The average Bonchev–Trinajstić information content (AvgIpc) is 2.50. The molecule has 1 aliphatic rings. The summed E-state index contributed by atoms with van der Waals surface area (Å²) in [5, 5.41) is 3.03. The van der Waals surface area contributed by atoms with E-state index >= 15 is 0 Å². The van der Waals surface area contributed by atoms with Gasteiger partial charge in [-0.2, -0.15) is 0 Å². The number of amides is 1. The van der Waals surface area contributed by atoms with Crippen LogP contribution in [-0.2, 0) is 11.3 Å². The van der Waals surface area contributed by atoms with Crippen LogP contribution in [0.2, 0.25) is 0 Å². The van der Waals surface area contributed by atoms with Gasteiger partial charge in [-0.25, -0.2) is 0 Å². The van der Waals surface area contributed by atoms with Crippen LogP contribution in [0.25, 0.3) is 0 Å². The summed E-state index contributed by atoms with van der Waals surface area (Å²) in [4.78, 5) is 14.2. The number of nitrogens with one attached hydrogen (secondary N) is 1. The molecule has 22 heavy (non-hydrogen) atoms. The lowest BCUT2D eigenvalue weighted by molar-refractivity contribution is -0.121. The molecular weight excluding hydrogens is 274 g/mol. The lowest BCUT2D eigenvalue weighted by Gasteiger charge is -2.36. The first-order valence-corrected chi connectivity index (χ1v) is 8.37. The maximum Gasteiger partial charge on any atom is 0.221 e. The topological polar surface area (TPSA) is 58.4 Å². The van der Waals surface area contributed by atoms with E-state index in [-0.39, 0.29) is 5.91 Å². The van der Waals surface area contributed by atoms with Crippen LogP contribution in [0.5, 0.6) is 0 Å². The minimum absolute atomic E-state index is 0.0692. The van der Waals surface area contributed by atoms with E-state index in [9.17, 15) is 4.79 Å². The Hall–Kier alpha value is -1.39. The molecule has 1 aromatic rings. The number of carbonyl (C=O) groups excluding carboxylic acids is 1. The minimum Gasteiger partial charge on any atom is -0.354 e. The Morgan fingerprint density at radius 2 is 2.18 bits per heavy atom. The molecule has 0 aromatic heterocycles. The summed E-state index contributed by atoms with van der Waals surface area (Å²) in [6.07, 6.45) is 4.08. The quantitative estimate of drug-likeness (QED) is 0.846. The second-order valence-corrected chi connectivity index (χ2v) is 6.39. The zero-order chi connectivity index (χ0) is 15.9. The highest BCUT2D eigenvalue weighted by molar-refractivity contribution is 5.76. The summed E-state index contributed by atoms with van der Waals surface area (Å²) in [6, 6.07) is 7.09. The van der Waals surface area contributed by atoms with Crippen molar-refractivity contribution in [1.29, 1.82) is 0 Å². The lowest BCUT2D eigenvalue weighted by atomic mass is 9.99. The van der Waals surface area contributed by atoms with Gasteiger partial charge in [0.05, 0.1) is 0 Å². The fourth-order valence-electron chi connectivity index (χ4n) is 3.14. The van der Waals surface area contributed by atoms with Crippen LogP contribution in [-0.4, -0.2) is 36.5 Å². The molecular formula is C18H29N3O. The van der Waals surface area contributed by atoms with Crippen molar-refractivity contribution in [2.24, 2.45) is 5.73 Å². The van der Waals surface area contributed by atoms with E-state index in [4.69, 9.17) is 5.73 Å². The largest absolute Gasteiger partial charge is 0.354 e. The van der Waals surface area contributed by atoms with Crippen molar-refractivity contribution in [1.82, 2.24) is 10.2 Å². The van der Waals surface area contributed by atoms with Crippen molar-refractivity contribution in [2.45, 2.75) is 52.1 Å². The fraction of sp³-hybridized carbons (Fsp3) is 0.611. The number of carbonyl (C=O) groups is 1. The second-order valence-electron chi connectivity index (χ2n) is 6.39. The second kappa shape index (κ2) is 8.30. The Bertz CT molecular complexity index is 501. The zero-order valence-corrected chi connectivity index (χ0v) is 13.9. The maximum atomic E-state index is 11.6. The number of hydrogen-bond acceptors (Lipinski definition) is 3. The maximum absolute atomic E-state index is 11.6. The van der Waals surface area contributed by atoms with Gasteiger partial charge in [0.1, 0.15) is 0 Å². The molecule has 3 N–H and O–H groups in total. The zero-order valence-electron chi connectivity index (χ0n) is 13.9. The molecule has 1 fully saturated rings. The third kappa shape index (κ3) is 4.82. The molecule has 1 heterocycles. The molecule has 1 saturated heterocycles. The van der Waals surface area contributed by atoms with Gasteiger partial charge in [-0.1, -0.05) is 30.2 Å². The van der Waals surface area contributed by atoms with E-state index in [1.54, 1.807) is 0 Å². The van der Waals surface area contributed by atoms with Crippen molar-refractivity contribution < 1.29 is 4.79 Å². The standard InChI is InChI=1S/C18H29N3O/c1-14-6-7-15(2)16(11-14)13-21-10-4-3-5-17(21)12-20-18(22)8-9-19/h6-7,11,17H,3-5,8-10,12-13,19H2,1-2H3,(H,20,22). The van der Waals surface area contributed by atoms with Gasteiger partial charge >= 0.3 is 0 Å². The van der Waals surface area contributed by atoms with Gasteiger partial charge in [0.25, 0.3) is 0 Å². The SMILES string of the molecule is Cc1ccc(C)c(CN2CCCCC2CNC(=O)CCN)c1. The Kier molecular flexibility index (Phi) is 6.40. The van der Waals surface area contributed by atoms with Crippen molar-refractivity contribution in [3.63, 3.8) is 0 Å². The van der Waals surface area contributed by atoms with E-state index in [2.05, 4.69) is 42.3 Å². The molecule has 1 unspecified atom stereocenters. The number of aryl methyl sites for hydroxylation is 2. The van der Waals surface area contributed by atoms with Crippen LogP contribution < -0.4 is 11.1 Å². The molecule has 0 saturated carbocycles. The van der Waals surface area contributed by atoms with Gasteiger partial charge in [0, 0.05) is 32.1 Å². The third-order valence-electron chi connectivity index (χ3n) is 4.53. The molecule has 4 heteroatoms. The van der Waals surface area contributed by atoms with Crippen LogP contribution in [0, 0.1) is 13.8 Å². The fourth-order valence-corrected chi connectivity index (χ4v) is 3.14. The van der Waals surface area contributed by atoms with Crippen LogP contribution in [0.4, 0.5) is 0 Å². The van der Waals surface area contributed by atoms with Gasteiger partial charge in [-0.05, 0) is 44.4 Å². The molecule has 0 spiro atoms. The van der Waals surface area contributed by atoms with Crippen LogP contribution in [0.1, 0.15) is 42.4 Å². The minimum atomic E-state index is 0.0692. The smallest absolute Gasteiger partial charge is 0.221 e. The van der Waals surface area contributed by atoms with Gasteiger partial charge < -0.3 is 11.1 Å². The first kappa shape index (κ1) is 17.0. The Labute approximate surface area is 134 Å². The van der Waals surface area contributed by atoms with E-state index in [0.717, 1.165) is 26.1 Å². The van der Waals surface area contributed by atoms with E-state index in [1.165, 1.54) is 29.5 Å². The number of likely N-dealkylation sites (tertiary alicyclic amines) is 1. The summed E-state index contributed by atoms with van der Waals surface area (Å²) in [7, 11) is 0. The normalized spacial score (nSPS) is 19.1. The molecule has 1 atom stereocenters. The number of nitrogens with two attached hydrogens (primary N) is 1. The van der Waals surface area contributed by atoms with Crippen molar-refractivity contribution in [2.75, 3.05) is 19.6 Å². The summed E-state index contributed by atoms with van der Waals surface area (Å²) < 4.78 is 0. The predicted octanol–water partition coefficient (Wildman–Crippen LogP) is 2.12. The van der Waals surface area contributed by atoms with Crippen LogP contribution >= 0.6 is 0 Å². The summed E-state index contributed by atoms with van der Waals surface area (Å²) in [5.74, 6) is 0.0692. The van der Waals surface area contributed by atoms with Gasteiger partial charge in [0.2, 0.25) is 5.91 Å². The van der Waals surface area contributed by atoms with E-state index in [1.807, 2.05) is 0 Å². The first-order valence-electron chi connectivity index (χ1n) is 8.37. The molecule has 1 amide bonds. The number of rotatable bonds is 6. The molecule has 4 nitrogen and oxygen atoms in total. The molecule has 0 aliphatic carbocycles. The Balaban J connectivity index is 1.97. The van der Waals surface area contributed by atoms with E-state index < -0.39 is 0 Å². The van der Waals surface area contributed by atoms with Crippen molar-refractivity contribution >= 4 is 5.91 Å². The molecule has 1 aliphatic heterocycles. The van der Waals surface area contributed by atoms with Gasteiger partial charge in [0.15, 0.2) is 0 Å². The predicted molar refractivity (Wildman–Crippen MR) is 90.6 cm³/mol. The lowest BCUT2D eigenvalue weighted by Crippen LogP contribution is -2.46. The Morgan fingerprint density at radius 3 is 2.95 bits per heavy atom. The molecule has 2 rings (SSSR count).